The molecule has 1 amide bonds. The molecule has 2 rings (SSSR count). The van der Waals surface area contributed by atoms with Crippen molar-refractivity contribution >= 4 is 11.6 Å². The molecule has 0 saturated carbocycles. The average Bonchev–Trinajstić information content (AvgIpc) is 2.43. The van der Waals surface area contributed by atoms with E-state index in [4.69, 9.17) is 0 Å². The van der Waals surface area contributed by atoms with Gasteiger partial charge in [0.15, 0.2) is 0 Å². The predicted molar refractivity (Wildman–Crippen MR) is 77.1 cm³/mol. The van der Waals surface area contributed by atoms with Crippen LogP contribution in [-0.2, 0) is 11.3 Å². The second-order valence-electron chi connectivity index (χ2n) is 5.57. The van der Waals surface area contributed by atoms with Gasteiger partial charge in [-0.25, -0.2) is 0 Å². The summed E-state index contributed by atoms with van der Waals surface area (Å²) >= 11 is 0. The van der Waals surface area contributed by atoms with Crippen molar-refractivity contribution in [3.05, 3.63) is 38.3 Å². The molecule has 0 unspecified atom stereocenters. The number of carbonyl (C=O) groups excluding carboxylic acids is 1. The second kappa shape index (κ2) is 6.07. The Hall–Kier alpha value is -2.18. The van der Waals surface area contributed by atoms with Crippen molar-refractivity contribution in [1.82, 2.24) is 9.47 Å². The zero-order valence-corrected chi connectivity index (χ0v) is 12.2. The molecule has 7 heteroatoms. The van der Waals surface area contributed by atoms with E-state index in [0.29, 0.717) is 24.7 Å². The van der Waals surface area contributed by atoms with E-state index in [0.717, 1.165) is 12.8 Å². The van der Waals surface area contributed by atoms with Crippen LogP contribution >= 0.6 is 0 Å². The lowest BCUT2D eigenvalue weighted by Crippen LogP contribution is -2.41. The maximum absolute atomic E-state index is 12.3. The van der Waals surface area contributed by atoms with E-state index in [1.165, 1.54) is 16.7 Å². The first-order chi connectivity index (χ1) is 9.90. The van der Waals surface area contributed by atoms with Crippen molar-refractivity contribution in [1.29, 1.82) is 0 Å². The molecule has 0 atom stereocenters. The van der Waals surface area contributed by atoms with Crippen LogP contribution in [0.5, 0.6) is 0 Å². The number of hydrogen-bond donors (Lipinski definition) is 0. The number of piperidine rings is 1. The first kappa shape index (κ1) is 15.2. The fourth-order valence-corrected chi connectivity index (χ4v) is 2.49. The Morgan fingerprint density at radius 1 is 1.38 bits per heavy atom. The van der Waals surface area contributed by atoms with E-state index in [1.54, 1.807) is 11.8 Å². The number of amides is 1. The van der Waals surface area contributed by atoms with Gasteiger partial charge in [-0.1, -0.05) is 6.92 Å². The van der Waals surface area contributed by atoms with Crippen molar-refractivity contribution in [3.8, 4) is 0 Å². The third kappa shape index (κ3) is 3.29. The van der Waals surface area contributed by atoms with Crippen molar-refractivity contribution < 1.29 is 9.72 Å². The fourth-order valence-electron chi connectivity index (χ4n) is 2.49. The highest BCUT2D eigenvalue weighted by atomic mass is 16.6. The minimum atomic E-state index is -0.723. The van der Waals surface area contributed by atoms with E-state index in [1.807, 2.05) is 0 Å². The number of nitro groups is 1. The highest BCUT2D eigenvalue weighted by molar-refractivity contribution is 5.76. The summed E-state index contributed by atoms with van der Waals surface area (Å²) in [5, 5.41) is 10.8. The topological polar surface area (TPSA) is 85.5 Å². The second-order valence-corrected chi connectivity index (χ2v) is 5.57. The predicted octanol–water partition coefficient (Wildman–Crippen LogP) is 1.32. The van der Waals surface area contributed by atoms with Gasteiger partial charge in [0.1, 0.15) is 6.54 Å². The van der Waals surface area contributed by atoms with Crippen LogP contribution in [0.1, 0.15) is 25.5 Å². The number of nitrogens with zero attached hydrogens (tertiary/aromatic N) is 3. The van der Waals surface area contributed by atoms with Crippen LogP contribution in [0.25, 0.3) is 0 Å². The Morgan fingerprint density at radius 3 is 2.57 bits per heavy atom. The van der Waals surface area contributed by atoms with Crippen LogP contribution in [0.3, 0.4) is 0 Å². The number of pyridine rings is 1. The van der Waals surface area contributed by atoms with Crippen LogP contribution in [0.15, 0.2) is 16.9 Å². The first-order valence-corrected chi connectivity index (χ1v) is 7.02. The summed E-state index contributed by atoms with van der Waals surface area (Å²) in [6.07, 6.45) is 1.91. The van der Waals surface area contributed by atoms with Crippen molar-refractivity contribution in [2.45, 2.75) is 33.2 Å². The third-order valence-corrected chi connectivity index (χ3v) is 4.00. The summed E-state index contributed by atoms with van der Waals surface area (Å²) in [4.78, 5) is 36.1. The maximum atomic E-state index is 12.3. The molecule has 21 heavy (non-hydrogen) atoms. The van der Waals surface area contributed by atoms with Crippen LogP contribution in [-0.4, -0.2) is 33.4 Å². The SMILES string of the molecule is Cc1ccc([N+](=O)[O-])c(=O)n1CC(=O)N1CCC(C)CC1. The minimum Gasteiger partial charge on any atom is -0.341 e. The first-order valence-electron chi connectivity index (χ1n) is 7.02. The van der Waals surface area contributed by atoms with Gasteiger partial charge in [-0.05, 0) is 31.7 Å². The maximum Gasteiger partial charge on any atom is 0.334 e. The zero-order chi connectivity index (χ0) is 15.6. The number of aryl methyl sites for hydroxylation is 1. The van der Waals surface area contributed by atoms with Gasteiger partial charge in [0.25, 0.3) is 0 Å². The summed E-state index contributed by atoms with van der Waals surface area (Å²) in [5.41, 5.74) is -0.677. The molecule has 0 bridgehead atoms. The van der Waals surface area contributed by atoms with Gasteiger partial charge in [0, 0.05) is 24.8 Å². The molecule has 1 aromatic rings. The Morgan fingerprint density at radius 2 is 2.00 bits per heavy atom. The lowest BCUT2D eigenvalue weighted by atomic mass is 9.99. The van der Waals surface area contributed by atoms with Gasteiger partial charge in [0.05, 0.1) is 4.92 Å². The van der Waals surface area contributed by atoms with Crippen LogP contribution < -0.4 is 5.56 Å². The Labute approximate surface area is 122 Å². The molecular formula is C14H19N3O4. The molecular weight excluding hydrogens is 274 g/mol. The molecule has 1 saturated heterocycles. The molecule has 0 radical (unpaired) electrons. The Kier molecular flexibility index (Phi) is 4.40. The summed E-state index contributed by atoms with van der Waals surface area (Å²) in [5.74, 6) is 0.448. The number of likely N-dealkylation sites (tertiary alicyclic amines) is 1. The molecule has 0 aromatic carbocycles. The number of carbonyl (C=O) groups is 1. The molecule has 1 aliphatic heterocycles. The van der Waals surface area contributed by atoms with Crippen molar-refractivity contribution in [3.63, 3.8) is 0 Å². The molecule has 0 N–H and O–H groups in total. The van der Waals surface area contributed by atoms with Crippen LogP contribution in [0.4, 0.5) is 5.69 Å². The third-order valence-electron chi connectivity index (χ3n) is 4.00. The smallest absolute Gasteiger partial charge is 0.334 e. The van der Waals surface area contributed by atoms with Gasteiger partial charge in [-0.15, -0.1) is 0 Å². The van der Waals surface area contributed by atoms with Crippen LogP contribution in [0.2, 0.25) is 0 Å². The average molecular weight is 293 g/mol. The molecule has 1 fully saturated rings. The number of aromatic nitrogens is 1. The highest BCUT2D eigenvalue weighted by Gasteiger charge is 2.23. The number of hydrogen-bond acceptors (Lipinski definition) is 4. The van der Waals surface area contributed by atoms with Gasteiger partial charge in [-0.2, -0.15) is 0 Å². The largest absolute Gasteiger partial charge is 0.341 e. The van der Waals surface area contributed by atoms with Gasteiger partial charge < -0.3 is 4.90 Å². The summed E-state index contributed by atoms with van der Waals surface area (Å²) in [6, 6.07) is 2.67. The monoisotopic (exact) mass is 293 g/mol. The molecule has 1 aliphatic rings. The quantitative estimate of drug-likeness (QED) is 0.621. The van der Waals surface area contributed by atoms with Crippen LogP contribution in [0, 0.1) is 23.0 Å². The molecule has 114 valence electrons. The Balaban J connectivity index is 2.19. The summed E-state index contributed by atoms with van der Waals surface area (Å²) < 4.78 is 1.18. The molecule has 0 aliphatic carbocycles. The Bertz CT molecular complexity index is 615. The lowest BCUT2D eigenvalue weighted by molar-refractivity contribution is -0.386. The van der Waals surface area contributed by atoms with E-state index in [2.05, 4.69) is 6.92 Å². The van der Waals surface area contributed by atoms with Gasteiger partial charge in [0.2, 0.25) is 5.91 Å². The highest BCUT2D eigenvalue weighted by Crippen LogP contribution is 2.16. The zero-order valence-electron chi connectivity index (χ0n) is 12.2. The normalized spacial score (nSPS) is 16.0. The van der Waals surface area contributed by atoms with Crippen molar-refractivity contribution in [2.24, 2.45) is 5.92 Å². The van der Waals surface area contributed by atoms with Crippen molar-refractivity contribution in [2.75, 3.05) is 13.1 Å². The van der Waals surface area contributed by atoms with E-state index < -0.39 is 16.2 Å². The van der Waals surface area contributed by atoms with E-state index in [9.17, 15) is 19.7 Å². The standard InChI is InChI=1S/C14H19N3O4/c1-10-5-7-15(8-6-10)13(18)9-16-11(2)3-4-12(14(16)19)17(20)21/h3-4,10H,5-9H2,1-2H3. The van der Waals surface area contributed by atoms with Gasteiger partial charge >= 0.3 is 11.2 Å². The van der Waals surface area contributed by atoms with E-state index in [-0.39, 0.29) is 12.5 Å². The summed E-state index contributed by atoms with van der Waals surface area (Å²) in [6.45, 7) is 5.04. The molecule has 1 aromatic heterocycles. The lowest BCUT2D eigenvalue weighted by Gasteiger charge is -2.30. The molecule has 7 nitrogen and oxygen atoms in total. The molecule has 0 spiro atoms. The number of rotatable bonds is 3. The van der Waals surface area contributed by atoms with E-state index >= 15 is 0 Å². The minimum absolute atomic E-state index is 0.138. The van der Waals surface area contributed by atoms with Gasteiger partial charge in [-0.3, -0.25) is 24.3 Å². The fraction of sp³-hybridized carbons (Fsp3) is 0.571. The summed E-state index contributed by atoms with van der Waals surface area (Å²) in [7, 11) is 0. The molecule has 2 heterocycles.